The largest absolute Gasteiger partial charge is 0.341 e. The summed E-state index contributed by atoms with van der Waals surface area (Å²) in [5, 5.41) is 2.78. The molecule has 6 heteroatoms. The highest BCUT2D eigenvalue weighted by atomic mass is 19.1. The van der Waals surface area contributed by atoms with Crippen molar-refractivity contribution in [3.63, 3.8) is 0 Å². The van der Waals surface area contributed by atoms with E-state index in [4.69, 9.17) is 5.73 Å². The Morgan fingerprint density at radius 1 is 1.22 bits per heavy atom. The van der Waals surface area contributed by atoms with Crippen LogP contribution in [-0.2, 0) is 4.79 Å². The highest BCUT2D eigenvalue weighted by molar-refractivity contribution is 5.97. The van der Waals surface area contributed by atoms with Crippen molar-refractivity contribution in [1.29, 1.82) is 0 Å². The SMILES string of the molecule is CC(C)C(NC(=O)c1ccc(F)cc1)C(=O)N1CCC(N)CC1. The van der Waals surface area contributed by atoms with Gasteiger partial charge in [-0.15, -0.1) is 0 Å². The van der Waals surface area contributed by atoms with E-state index in [1.165, 1.54) is 24.3 Å². The normalized spacial score (nSPS) is 17.2. The van der Waals surface area contributed by atoms with Gasteiger partial charge in [-0.25, -0.2) is 4.39 Å². The number of likely N-dealkylation sites (tertiary alicyclic amines) is 1. The number of rotatable bonds is 4. The first-order chi connectivity index (χ1) is 10.9. The fraction of sp³-hybridized carbons (Fsp3) is 0.529. The fourth-order valence-electron chi connectivity index (χ4n) is 2.66. The van der Waals surface area contributed by atoms with Crippen molar-refractivity contribution in [3.05, 3.63) is 35.6 Å². The third-order valence-corrected chi connectivity index (χ3v) is 4.18. The zero-order chi connectivity index (χ0) is 17.0. The molecule has 1 aromatic carbocycles. The lowest BCUT2D eigenvalue weighted by molar-refractivity contribution is -0.135. The van der Waals surface area contributed by atoms with Gasteiger partial charge in [-0.2, -0.15) is 0 Å². The molecule has 1 atom stereocenters. The molecule has 1 saturated heterocycles. The van der Waals surface area contributed by atoms with E-state index < -0.39 is 11.9 Å². The third kappa shape index (κ3) is 4.51. The van der Waals surface area contributed by atoms with Crippen LogP contribution in [0.2, 0.25) is 0 Å². The van der Waals surface area contributed by atoms with E-state index in [1.807, 2.05) is 13.8 Å². The van der Waals surface area contributed by atoms with E-state index >= 15 is 0 Å². The van der Waals surface area contributed by atoms with Crippen LogP contribution in [0, 0.1) is 11.7 Å². The Morgan fingerprint density at radius 2 is 1.78 bits per heavy atom. The predicted octanol–water partition coefficient (Wildman–Crippen LogP) is 1.53. The molecule has 1 aromatic rings. The highest BCUT2D eigenvalue weighted by Crippen LogP contribution is 2.14. The summed E-state index contributed by atoms with van der Waals surface area (Å²) in [5.74, 6) is -0.890. The molecule has 0 spiro atoms. The monoisotopic (exact) mass is 321 g/mol. The molecule has 0 radical (unpaired) electrons. The number of carbonyl (C=O) groups is 2. The number of hydrogen-bond donors (Lipinski definition) is 2. The minimum Gasteiger partial charge on any atom is -0.341 e. The second-order valence-corrected chi connectivity index (χ2v) is 6.36. The van der Waals surface area contributed by atoms with Crippen LogP contribution in [-0.4, -0.2) is 41.9 Å². The Hall–Kier alpha value is -1.95. The van der Waals surface area contributed by atoms with E-state index in [0.29, 0.717) is 18.7 Å². The second-order valence-electron chi connectivity index (χ2n) is 6.36. The minimum atomic E-state index is -0.595. The first kappa shape index (κ1) is 17.4. The average Bonchev–Trinajstić information content (AvgIpc) is 2.53. The Bertz CT molecular complexity index is 551. The predicted molar refractivity (Wildman–Crippen MR) is 86.3 cm³/mol. The topological polar surface area (TPSA) is 75.4 Å². The van der Waals surface area contributed by atoms with Crippen molar-refractivity contribution in [1.82, 2.24) is 10.2 Å². The number of nitrogens with zero attached hydrogens (tertiary/aromatic N) is 1. The third-order valence-electron chi connectivity index (χ3n) is 4.18. The summed E-state index contributed by atoms with van der Waals surface area (Å²) in [6.07, 6.45) is 1.56. The molecular formula is C17H24FN3O2. The van der Waals surface area contributed by atoms with Gasteiger partial charge in [0.05, 0.1) is 0 Å². The van der Waals surface area contributed by atoms with Gasteiger partial charge in [0.1, 0.15) is 11.9 Å². The zero-order valence-electron chi connectivity index (χ0n) is 13.6. The first-order valence-electron chi connectivity index (χ1n) is 7.99. The molecule has 1 heterocycles. The molecule has 0 bridgehead atoms. The van der Waals surface area contributed by atoms with Gasteiger partial charge < -0.3 is 16.0 Å². The summed E-state index contributed by atoms with van der Waals surface area (Å²) in [6.45, 7) is 5.03. The van der Waals surface area contributed by atoms with Crippen molar-refractivity contribution in [3.8, 4) is 0 Å². The number of hydrogen-bond acceptors (Lipinski definition) is 3. The molecule has 1 aliphatic rings. The van der Waals surface area contributed by atoms with Gasteiger partial charge >= 0.3 is 0 Å². The van der Waals surface area contributed by atoms with Crippen molar-refractivity contribution >= 4 is 11.8 Å². The first-order valence-corrected chi connectivity index (χ1v) is 7.99. The van der Waals surface area contributed by atoms with Crippen molar-refractivity contribution in [2.75, 3.05) is 13.1 Å². The van der Waals surface area contributed by atoms with Crippen LogP contribution in [0.25, 0.3) is 0 Å². The number of benzene rings is 1. The van der Waals surface area contributed by atoms with Crippen molar-refractivity contribution < 1.29 is 14.0 Å². The van der Waals surface area contributed by atoms with Gasteiger partial charge in [0.2, 0.25) is 5.91 Å². The van der Waals surface area contributed by atoms with Crippen LogP contribution in [0.15, 0.2) is 24.3 Å². The summed E-state index contributed by atoms with van der Waals surface area (Å²) < 4.78 is 12.9. The number of nitrogens with two attached hydrogens (primary N) is 1. The van der Waals surface area contributed by atoms with Crippen LogP contribution in [0.5, 0.6) is 0 Å². The standard InChI is InChI=1S/C17H24FN3O2/c1-11(2)15(17(23)21-9-7-14(19)8-10-21)20-16(22)12-3-5-13(18)6-4-12/h3-6,11,14-15H,7-10,19H2,1-2H3,(H,20,22). The van der Waals surface area contributed by atoms with Gasteiger partial charge in [0.25, 0.3) is 5.91 Å². The molecule has 0 aliphatic carbocycles. The molecule has 1 fully saturated rings. The highest BCUT2D eigenvalue weighted by Gasteiger charge is 2.30. The molecule has 2 amide bonds. The lowest BCUT2D eigenvalue weighted by Crippen LogP contribution is -2.54. The fourth-order valence-corrected chi connectivity index (χ4v) is 2.66. The maximum atomic E-state index is 12.9. The molecule has 0 aromatic heterocycles. The van der Waals surface area contributed by atoms with E-state index in [2.05, 4.69) is 5.32 Å². The van der Waals surface area contributed by atoms with Crippen molar-refractivity contribution in [2.24, 2.45) is 11.7 Å². The average molecular weight is 321 g/mol. The number of nitrogens with one attached hydrogen (secondary N) is 1. The number of carbonyl (C=O) groups excluding carboxylic acids is 2. The smallest absolute Gasteiger partial charge is 0.251 e. The summed E-state index contributed by atoms with van der Waals surface area (Å²) in [6, 6.07) is 4.83. The summed E-state index contributed by atoms with van der Waals surface area (Å²) in [7, 11) is 0. The van der Waals surface area contributed by atoms with E-state index in [1.54, 1.807) is 4.90 Å². The molecule has 5 nitrogen and oxygen atoms in total. The van der Waals surface area contributed by atoms with Crippen LogP contribution >= 0.6 is 0 Å². The molecule has 1 aliphatic heterocycles. The molecule has 0 saturated carbocycles. The molecule has 3 N–H and O–H groups in total. The summed E-state index contributed by atoms with van der Waals surface area (Å²) in [4.78, 5) is 26.7. The van der Waals surface area contributed by atoms with Crippen molar-refractivity contribution in [2.45, 2.75) is 38.8 Å². The quantitative estimate of drug-likeness (QED) is 0.883. The van der Waals surface area contributed by atoms with Gasteiger partial charge in [0, 0.05) is 24.7 Å². The number of piperidine rings is 1. The summed E-state index contributed by atoms with van der Waals surface area (Å²) >= 11 is 0. The number of halogens is 1. The van der Waals surface area contributed by atoms with Crippen LogP contribution < -0.4 is 11.1 Å². The van der Waals surface area contributed by atoms with Crippen LogP contribution in [0.3, 0.4) is 0 Å². The Labute approximate surface area is 136 Å². The second kappa shape index (κ2) is 7.55. The zero-order valence-corrected chi connectivity index (χ0v) is 13.6. The van der Waals surface area contributed by atoms with E-state index in [0.717, 1.165) is 12.8 Å². The molecule has 2 rings (SSSR count). The molecular weight excluding hydrogens is 297 g/mol. The van der Waals surface area contributed by atoms with Crippen LogP contribution in [0.1, 0.15) is 37.0 Å². The Kier molecular flexibility index (Phi) is 5.71. The van der Waals surface area contributed by atoms with Gasteiger partial charge in [-0.1, -0.05) is 13.8 Å². The minimum absolute atomic E-state index is 0.0394. The lowest BCUT2D eigenvalue weighted by Gasteiger charge is -2.34. The number of amides is 2. The van der Waals surface area contributed by atoms with Crippen LogP contribution in [0.4, 0.5) is 4.39 Å². The lowest BCUT2D eigenvalue weighted by atomic mass is 9.99. The molecule has 1 unspecified atom stereocenters. The molecule has 126 valence electrons. The maximum Gasteiger partial charge on any atom is 0.251 e. The van der Waals surface area contributed by atoms with Gasteiger partial charge in [-0.05, 0) is 43.0 Å². The summed E-state index contributed by atoms with van der Waals surface area (Å²) in [5.41, 5.74) is 6.20. The molecule has 23 heavy (non-hydrogen) atoms. The van der Waals surface area contributed by atoms with E-state index in [9.17, 15) is 14.0 Å². The Balaban J connectivity index is 2.04. The maximum absolute atomic E-state index is 12.9. The van der Waals surface area contributed by atoms with E-state index in [-0.39, 0.29) is 23.8 Å². The van der Waals surface area contributed by atoms with Gasteiger partial charge in [0.15, 0.2) is 0 Å². The van der Waals surface area contributed by atoms with Gasteiger partial charge in [-0.3, -0.25) is 9.59 Å². The Morgan fingerprint density at radius 3 is 2.30 bits per heavy atom.